The number of rotatable bonds is 1. The van der Waals surface area contributed by atoms with Gasteiger partial charge < -0.3 is 0 Å². The lowest BCUT2D eigenvalue weighted by molar-refractivity contribution is 0.880. The number of hydrogen-bond donors (Lipinski definition) is 0. The van der Waals surface area contributed by atoms with Crippen molar-refractivity contribution in [3.63, 3.8) is 0 Å². The molecule has 0 bridgehead atoms. The molecule has 0 fully saturated rings. The maximum atomic E-state index is 2.36. The molecule has 0 N–H and O–H groups in total. The Morgan fingerprint density at radius 2 is 1.74 bits per heavy atom. The highest BCUT2D eigenvalue weighted by molar-refractivity contribution is 6.88. The Labute approximate surface area is 140 Å². The van der Waals surface area contributed by atoms with Crippen LogP contribution in [0.4, 0.5) is 0 Å². The third-order valence-electron chi connectivity index (χ3n) is 5.55. The summed E-state index contributed by atoms with van der Waals surface area (Å²) in [5.41, 5.74) is 10.5. The summed E-state index contributed by atoms with van der Waals surface area (Å²) in [7, 11) is 0. The lowest BCUT2D eigenvalue weighted by atomic mass is 9.28. The van der Waals surface area contributed by atoms with Crippen LogP contribution in [0.2, 0.25) is 5.82 Å². The molecule has 0 spiro atoms. The molecule has 1 heterocycles. The molecular formula is C22H23B. The summed E-state index contributed by atoms with van der Waals surface area (Å²) in [4.78, 5) is 0. The van der Waals surface area contributed by atoms with Crippen molar-refractivity contribution in [1.29, 1.82) is 0 Å². The van der Waals surface area contributed by atoms with Crippen molar-refractivity contribution >= 4 is 17.6 Å². The minimum absolute atomic E-state index is 0.497. The van der Waals surface area contributed by atoms with Gasteiger partial charge in [-0.25, -0.2) is 0 Å². The summed E-state index contributed by atoms with van der Waals surface area (Å²) in [6.45, 7) is 7.27. The number of allylic oxidation sites excluding steroid dienone is 4. The zero-order valence-electron chi connectivity index (χ0n) is 14.3. The lowest BCUT2D eigenvalue weighted by Crippen LogP contribution is -2.53. The molecule has 1 unspecified atom stereocenters. The Morgan fingerprint density at radius 3 is 2.52 bits per heavy atom. The SMILES string of the molecule is Cc1cc(C)c(B2c3ccccc3CC3=CC=CCC23)c(C)c1. The Balaban J connectivity index is 1.96. The van der Waals surface area contributed by atoms with Crippen LogP contribution in [0.3, 0.4) is 0 Å². The topological polar surface area (TPSA) is 0 Å². The van der Waals surface area contributed by atoms with Gasteiger partial charge in [-0.3, -0.25) is 0 Å². The molecule has 0 amide bonds. The van der Waals surface area contributed by atoms with Gasteiger partial charge in [0.05, 0.1) is 0 Å². The number of aryl methyl sites for hydroxylation is 3. The Hall–Kier alpha value is -2.02. The van der Waals surface area contributed by atoms with E-state index in [0.717, 1.165) is 12.8 Å². The van der Waals surface area contributed by atoms with Crippen molar-refractivity contribution in [2.75, 3.05) is 0 Å². The zero-order chi connectivity index (χ0) is 16.0. The van der Waals surface area contributed by atoms with Gasteiger partial charge in [0, 0.05) is 0 Å². The second-order valence-corrected chi connectivity index (χ2v) is 7.18. The van der Waals surface area contributed by atoms with E-state index in [-0.39, 0.29) is 0 Å². The predicted octanol–water partition coefficient (Wildman–Crippen LogP) is 4.03. The van der Waals surface area contributed by atoms with Gasteiger partial charge in [0.15, 0.2) is 0 Å². The molecule has 1 aliphatic heterocycles. The molecule has 0 nitrogen and oxygen atoms in total. The average Bonchev–Trinajstić information content (AvgIpc) is 2.53. The van der Waals surface area contributed by atoms with Crippen LogP contribution in [0.5, 0.6) is 0 Å². The third-order valence-corrected chi connectivity index (χ3v) is 5.55. The van der Waals surface area contributed by atoms with Crippen LogP contribution >= 0.6 is 0 Å². The zero-order valence-corrected chi connectivity index (χ0v) is 14.3. The highest BCUT2D eigenvalue weighted by atomic mass is 14.2. The van der Waals surface area contributed by atoms with E-state index in [0.29, 0.717) is 12.5 Å². The predicted molar refractivity (Wildman–Crippen MR) is 101 cm³/mol. The first-order valence-electron chi connectivity index (χ1n) is 8.66. The van der Waals surface area contributed by atoms with Crippen LogP contribution in [0.15, 0.2) is 60.2 Å². The molecule has 0 aromatic heterocycles. The normalized spacial score (nSPS) is 19.2. The highest BCUT2D eigenvalue weighted by Gasteiger charge is 2.38. The first-order chi connectivity index (χ1) is 11.1. The Morgan fingerprint density at radius 1 is 1.00 bits per heavy atom. The van der Waals surface area contributed by atoms with E-state index in [1.165, 1.54) is 22.3 Å². The van der Waals surface area contributed by atoms with E-state index in [1.807, 2.05) is 0 Å². The van der Waals surface area contributed by atoms with Crippen LogP contribution < -0.4 is 10.9 Å². The molecule has 2 aliphatic rings. The van der Waals surface area contributed by atoms with Crippen LogP contribution in [0.25, 0.3) is 0 Å². The van der Waals surface area contributed by atoms with Crippen molar-refractivity contribution < 1.29 is 0 Å². The fourth-order valence-corrected chi connectivity index (χ4v) is 4.71. The quantitative estimate of drug-likeness (QED) is 0.697. The standard InChI is InChI=1S/C22H23B/c1-15-12-16(2)22(17(3)13-15)23-20-10-6-4-8-18(20)14-19-9-5-7-11-21(19)23/h4-10,12-13,21H,11,14H2,1-3H3. The smallest absolute Gasteiger partial charge is 0.0846 e. The summed E-state index contributed by atoms with van der Waals surface area (Å²) in [6.07, 6.45) is 9.22. The molecule has 23 heavy (non-hydrogen) atoms. The molecular weight excluding hydrogens is 275 g/mol. The lowest BCUT2D eigenvalue weighted by Gasteiger charge is -2.36. The maximum absolute atomic E-state index is 2.36. The minimum Gasteiger partial charge on any atom is -0.0846 e. The molecule has 0 radical (unpaired) electrons. The Kier molecular flexibility index (Phi) is 3.52. The molecule has 0 saturated heterocycles. The summed E-state index contributed by atoms with van der Waals surface area (Å²) in [5.74, 6) is 0.620. The van der Waals surface area contributed by atoms with Gasteiger partial charge >= 0.3 is 0 Å². The van der Waals surface area contributed by atoms with Gasteiger partial charge in [-0.2, -0.15) is 0 Å². The molecule has 2 aromatic rings. The molecule has 4 rings (SSSR count). The van der Waals surface area contributed by atoms with Crippen molar-refractivity contribution in [3.05, 3.63) is 82.5 Å². The van der Waals surface area contributed by atoms with Crippen LogP contribution in [-0.2, 0) is 6.42 Å². The summed E-state index contributed by atoms with van der Waals surface area (Å²) in [5, 5.41) is 0. The maximum Gasteiger partial charge on any atom is 0.217 e. The number of hydrogen-bond acceptors (Lipinski definition) is 0. The Bertz CT molecular complexity index is 803. The van der Waals surface area contributed by atoms with E-state index < -0.39 is 0 Å². The van der Waals surface area contributed by atoms with Gasteiger partial charge in [-0.05, 0) is 45.0 Å². The number of fused-ring (bicyclic) bond motifs is 2. The van der Waals surface area contributed by atoms with Crippen molar-refractivity contribution in [2.24, 2.45) is 0 Å². The van der Waals surface area contributed by atoms with E-state index in [1.54, 1.807) is 16.5 Å². The molecule has 114 valence electrons. The average molecular weight is 298 g/mol. The molecule has 1 atom stereocenters. The van der Waals surface area contributed by atoms with E-state index >= 15 is 0 Å². The van der Waals surface area contributed by atoms with Gasteiger partial charge in [-0.15, -0.1) is 0 Å². The summed E-state index contributed by atoms with van der Waals surface area (Å²) in [6, 6.07) is 13.8. The monoisotopic (exact) mass is 298 g/mol. The van der Waals surface area contributed by atoms with Crippen molar-refractivity contribution in [3.8, 4) is 0 Å². The minimum atomic E-state index is 0.497. The fraction of sp³-hybridized carbons (Fsp3) is 0.273. The molecule has 0 saturated carbocycles. The van der Waals surface area contributed by atoms with Crippen LogP contribution in [0.1, 0.15) is 28.7 Å². The highest BCUT2D eigenvalue weighted by Crippen LogP contribution is 2.36. The first kappa shape index (κ1) is 14.6. The molecule has 2 aromatic carbocycles. The van der Waals surface area contributed by atoms with Crippen LogP contribution in [0, 0.1) is 20.8 Å². The second-order valence-electron chi connectivity index (χ2n) is 7.18. The fourth-order valence-electron chi connectivity index (χ4n) is 4.71. The third kappa shape index (κ3) is 2.39. The number of benzene rings is 2. The van der Waals surface area contributed by atoms with E-state index in [2.05, 4.69) is 75.4 Å². The summed E-state index contributed by atoms with van der Waals surface area (Å²) < 4.78 is 0. The second kappa shape index (κ2) is 5.56. The van der Waals surface area contributed by atoms with Crippen LogP contribution in [-0.4, -0.2) is 6.71 Å². The van der Waals surface area contributed by atoms with Gasteiger partial charge in [0.1, 0.15) is 0 Å². The van der Waals surface area contributed by atoms with Gasteiger partial charge in [0.25, 0.3) is 0 Å². The van der Waals surface area contributed by atoms with Gasteiger partial charge in [-0.1, -0.05) is 87.8 Å². The largest absolute Gasteiger partial charge is 0.217 e. The molecule has 1 heteroatoms. The first-order valence-corrected chi connectivity index (χ1v) is 8.66. The summed E-state index contributed by atoms with van der Waals surface area (Å²) >= 11 is 0. The van der Waals surface area contributed by atoms with Crippen molar-refractivity contribution in [2.45, 2.75) is 39.4 Å². The van der Waals surface area contributed by atoms with E-state index in [4.69, 9.17) is 0 Å². The van der Waals surface area contributed by atoms with Gasteiger partial charge in [0.2, 0.25) is 6.71 Å². The molecule has 1 aliphatic carbocycles. The van der Waals surface area contributed by atoms with Crippen molar-refractivity contribution in [1.82, 2.24) is 0 Å². The van der Waals surface area contributed by atoms with E-state index in [9.17, 15) is 0 Å².